The largest absolute Gasteiger partial charge is 0.481 e. The van der Waals surface area contributed by atoms with E-state index in [4.69, 9.17) is 10.2 Å². The lowest BCUT2D eigenvalue weighted by atomic mass is 10.0. The van der Waals surface area contributed by atoms with Gasteiger partial charge in [0, 0.05) is 18.3 Å². The molecular formula is C26H35N6O12+. The van der Waals surface area contributed by atoms with E-state index >= 15 is 0 Å². The lowest BCUT2D eigenvalue weighted by Crippen LogP contribution is -2.82. The quantitative estimate of drug-likeness (QED) is 0.0771. The van der Waals surface area contributed by atoms with E-state index in [2.05, 4.69) is 21.3 Å². The summed E-state index contributed by atoms with van der Waals surface area (Å²) in [6.45, 7) is 3.99. The molecule has 0 saturated carbocycles. The summed E-state index contributed by atoms with van der Waals surface area (Å²) in [6.07, 6.45) is -2.93. The van der Waals surface area contributed by atoms with Crippen LogP contribution in [0.1, 0.15) is 46.5 Å². The third-order valence-electron chi connectivity index (χ3n) is 5.92. The van der Waals surface area contributed by atoms with Gasteiger partial charge in [-0.3, -0.25) is 38.4 Å². The molecule has 44 heavy (non-hydrogen) atoms. The van der Waals surface area contributed by atoms with Gasteiger partial charge in [0.1, 0.15) is 35.1 Å². The van der Waals surface area contributed by atoms with Gasteiger partial charge in [-0.05, 0) is 29.5 Å². The number of benzene rings is 1. The fraction of sp³-hybridized carbons (Fsp3) is 0.462. The Bertz CT molecular complexity index is 1240. The van der Waals surface area contributed by atoms with Gasteiger partial charge in [-0.25, -0.2) is 0 Å². The van der Waals surface area contributed by atoms with Crippen molar-refractivity contribution in [3.63, 3.8) is 0 Å². The van der Waals surface area contributed by atoms with E-state index in [1.807, 2.05) is 0 Å². The summed E-state index contributed by atoms with van der Waals surface area (Å²) in [5, 5.41) is 38.2. The summed E-state index contributed by atoms with van der Waals surface area (Å²) in [4.78, 5) is 109. The first-order valence-electron chi connectivity index (χ1n) is 13.2. The molecule has 4 atom stereocenters. The highest BCUT2D eigenvalue weighted by Gasteiger charge is 2.37. The minimum Gasteiger partial charge on any atom is -0.481 e. The Labute approximate surface area is 250 Å². The minimum atomic E-state index is -1.78. The molecule has 0 aliphatic carbocycles. The van der Waals surface area contributed by atoms with Gasteiger partial charge >= 0.3 is 23.8 Å². The van der Waals surface area contributed by atoms with E-state index in [1.54, 1.807) is 6.07 Å². The van der Waals surface area contributed by atoms with E-state index < -0.39 is 103 Å². The number of hydrogen-bond donors (Lipinski definition) is 8. The molecule has 1 rings (SSSR count). The van der Waals surface area contributed by atoms with Crippen molar-refractivity contribution in [2.45, 2.75) is 70.6 Å². The second-order valence-electron chi connectivity index (χ2n) is 9.83. The number of nitrogens with one attached hydrogen (secondary N) is 5. The molecule has 1 aromatic carbocycles. The lowest BCUT2D eigenvalue weighted by molar-refractivity contribution is -0.484. The van der Waals surface area contributed by atoms with Gasteiger partial charge in [0.15, 0.2) is 0 Å². The molecule has 5 amide bonds. The number of carboxylic acids is 3. The fourth-order valence-corrected chi connectivity index (χ4v) is 3.82. The van der Waals surface area contributed by atoms with E-state index in [0.29, 0.717) is 5.01 Å². The van der Waals surface area contributed by atoms with Crippen molar-refractivity contribution >= 4 is 53.1 Å². The summed E-state index contributed by atoms with van der Waals surface area (Å²) in [7, 11) is 0. The number of nitroso groups, excluding NO2 is 1. The molecule has 0 unspecified atom stereocenters. The van der Waals surface area contributed by atoms with Gasteiger partial charge in [0.2, 0.25) is 23.6 Å². The number of carbonyl (C=O) groups is 8. The Balaban J connectivity index is 3.24. The van der Waals surface area contributed by atoms with Crippen LogP contribution in [0.25, 0.3) is 0 Å². The van der Waals surface area contributed by atoms with Crippen LogP contribution in [0.3, 0.4) is 0 Å². The Kier molecular flexibility index (Phi) is 14.6. The molecule has 0 aliphatic heterocycles. The highest BCUT2D eigenvalue weighted by Crippen LogP contribution is 2.12. The van der Waals surface area contributed by atoms with E-state index in [0.717, 1.165) is 6.92 Å². The fourth-order valence-electron chi connectivity index (χ4n) is 3.82. The molecule has 0 aromatic heterocycles. The standard InChI is InChI=1S/C26H34N6O12/c1-13(2)22(25(42)29-18(12-21(38)39)26(43)32(31-44)15-7-5-4-6-8-15)30-23(40)16(9-10-19(34)35)28-24(41)17(11-20(36)37)27-14(3)33/h4-8,13,16-18,22H,9-12H2,1-3H3,(H,27,33)(H,28,41)(H,29,42)(H,30,40)(H,34,35)(H,36,37)(H,38,39)/p+1/t16-,17-,18-,22-/m0/s1. The van der Waals surface area contributed by atoms with Crippen molar-refractivity contribution in [2.75, 3.05) is 5.01 Å². The molecule has 0 saturated heterocycles. The first-order valence-corrected chi connectivity index (χ1v) is 13.2. The molecule has 1 aromatic rings. The second kappa shape index (κ2) is 17.5. The van der Waals surface area contributed by atoms with Crippen LogP contribution in [0.5, 0.6) is 0 Å². The van der Waals surface area contributed by atoms with Gasteiger partial charge < -0.3 is 36.6 Å². The average Bonchev–Trinajstić information content (AvgIpc) is 2.92. The number of rotatable bonds is 18. The maximum absolute atomic E-state index is 13.2. The molecular weight excluding hydrogens is 588 g/mol. The van der Waals surface area contributed by atoms with Crippen molar-refractivity contribution in [3.8, 4) is 0 Å². The van der Waals surface area contributed by atoms with Crippen molar-refractivity contribution in [1.29, 1.82) is 0 Å². The van der Waals surface area contributed by atoms with Gasteiger partial charge in [0.05, 0.1) is 12.8 Å². The number of amides is 5. The number of carbonyl (C=O) groups excluding carboxylic acids is 5. The van der Waals surface area contributed by atoms with Crippen molar-refractivity contribution in [1.82, 2.24) is 21.3 Å². The van der Waals surface area contributed by atoms with Gasteiger partial charge in [-0.2, -0.15) is 0 Å². The first kappa shape index (κ1) is 36.6. The summed E-state index contributed by atoms with van der Waals surface area (Å²) in [5.74, 6) is -10.1. The van der Waals surface area contributed by atoms with Crippen LogP contribution in [-0.2, 0) is 38.4 Å². The second-order valence-corrected chi connectivity index (χ2v) is 9.83. The van der Waals surface area contributed by atoms with Crippen LogP contribution in [0.4, 0.5) is 5.69 Å². The number of nitrogens with zero attached hydrogens (tertiary/aromatic N) is 1. The zero-order valence-corrected chi connectivity index (χ0v) is 24.1. The van der Waals surface area contributed by atoms with Crippen molar-refractivity contribution in [3.05, 3.63) is 35.2 Å². The van der Waals surface area contributed by atoms with E-state index in [-0.39, 0.29) is 5.69 Å². The summed E-state index contributed by atoms with van der Waals surface area (Å²) in [5.41, 5.74) is 0.0447. The van der Waals surface area contributed by atoms with E-state index in [1.165, 1.54) is 43.4 Å². The molecule has 0 bridgehead atoms. The van der Waals surface area contributed by atoms with Gasteiger partial charge in [-0.1, -0.05) is 32.0 Å². The molecule has 0 heterocycles. The predicted octanol–water partition coefficient (Wildman–Crippen LogP) is -2.79. The average molecular weight is 624 g/mol. The van der Waals surface area contributed by atoms with Crippen LogP contribution < -0.4 is 31.6 Å². The lowest BCUT2D eigenvalue weighted by Gasteiger charge is -2.27. The molecule has 0 spiro atoms. The molecule has 8 N–H and O–H groups in total. The van der Waals surface area contributed by atoms with Crippen LogP contribution in [0.15, 0.2) is 30.3 Å². The molecule has 18 nitrogen and oxygen atoms in total. The normalized spacial score (nSPS) is 13.3. The number of anilines is 1. The maximum atomic E-state index is 13.2. The number of para-hydroxylation sites is 1. The Morgan fingerprint density at radius 3 is 1.73 bits per heavy atom. The maximum Gasteiger partial charge on any atom is 0.310 e. The SMILES string of the molecule is CC(=O)N[C@@H](CC(=O)O)C(=O)N[C@@H](CCC(=O)O)C(=O)N[C@H](C(=O)N[C@@H](CC(=O)O)C(=O)N([NH+]=O)c1ccccc1)C(C)C. The molecule has 0 fully saturated rings. The van der Waals surface area contributed by atoms with Crippen molar-refractivity contribution in [2.24, 2.45) is 5.92 Å². The number of carboxylic acid groups (broad SMARTS) is 3. The van der Waals surface area contributed by atoms with Crippen molar-refractivity contribution < 1.29 is 59.0 Å². The Hall–Kier alpha value is -5.42. The minimum absolute atomic E-state index is 0.0447. The number of hydrazine groups is 1. The van der Waals surface area contributed by atoms with Crippen LogP contribution >= 0.6 is 0 Å². The third-order valence-corrected chi connectivity index (χ3v) is 5.92. The molecule has 240 valence electrons. The summed E-state index contributed by atoms with van der Waals surface area (Å²) >= 11 is 0. The predicted molar refractivity (Wildman–Crippen MR) is 148 cm³/mol. The summed E-state index contributed by atoms with van der Waals surface area (Å²) < 4.78 is 0. The van der Waals surface area contributed by atoms with Gasteiger partial charge in [-0.15, -0.1) is 0 Å². The van der Waals surface area contributed by atoms with Crippen LogP contribution in [0.2, 0.25) is 0 Å². The van der Waals surface area contributed by atoms with Gasteiger partial charge in [0.25, 0.3) is 0 Å². The molecule has 18 heteroatoms. The highest BCUT2D eigenvalue weighted by molar-refractivity contribution is 6.00. The third kappa shape index (κ3) is 12.2. The van der Waals surface area contributed by atoms with Crippen LogP contribution in [0, 0.1) is 10.8 Å². The summed E-state index contributed by atoms with van der Waals surface area (Å²) in [6, 6.07) is 0.871. The zero-order valence-electron chi connectivity index (χ0n) is 24.1. The number of hydrogen-bond acceptors (Lipinski definition) is 9. The molecule has 0 aliphatic rings. The molecule has 0 radical (unpaired) electrons. The highest BCUT2D eigenvalue weighted by atomic mass is 16.4. The number of aliphatic carboxylic acids is 3. The smallest absolute Gasteiger partial charge is 0.310 e. The van der Waals surface area contributed by atoms with Crippen LogP contribution in [-0.4, -0.2) is 86.9 Å². The zero-order chi connectivity index (χ0) is 33.6. The van der Waals surface area contributed by atoms with E-state index in [9.17, 15) is 48.4 Å². The Morgan fingerprint density at radius 1 is 0.727 bits per heavy atom. The topological polar surface area (TPSA) is 280 Å². The first-order chi connectivity index (χ1) is 20.6. The Morgan fingerprint density at radius 2 is 1.25 bits per heavy atom. The monoisotopic (exact) mass is 623 g/mol.